The van der Waals surface area contributed by atoms with Gasteiger partial charge >= 0.3 is 5.30 Å². The van der Waals surface area contributed by atoms with Crippen LogP contribution in [0.15, 0.2) is 0 Å². The summed E-state index contributed by atoms with van der Waals surface area (Å²) in [4.78, 5) is 11.2. The summed E-state index contributed by atoms with van der Waals surface area (Å²) >= 11 is 1.35. The summed E-state index contributed by atoms with van der Waals surface area (Å²) in [5.41, 5.74) is 0. The molecular formula is C16H30O2S. The highest BCUT2D eigenvalue weighted by Gasteiger charge is 2.23. The Morgan fingerprint density at radius 2 is 2.00 bits per heavy atom. The highest BCUT2D eigenvalue weighted by atomic mass is 32.2. The van der Waals surface area contributed by atoms with Crippen molar-refractivity contribution in [2.24, 2.45) is 17.8 Å². The van der Waals surface area contributed by atoms with E-state index in [1.165, 1.54) is 70.2 Å². The summed E-state index contributed by atoms with van der Waals surface area (Å²) in [5, 5.41) is -0.133. The Balaban J connectivity index is 2.35. The van der Waals surface area contributed by atoms with Crippen molar-refractivity contribution in [3.8, 4) is 0 Å². The molecule has 1 rings (SSSR count). The van der Waals surface area contributed by atoms with E-state index in [4.69, 9.17) is 4.74 Å². The predicted molar refractivity (Wildman–Crippen MR) is 83.6 cm³/mol. The molecule has 2 atom stereocenters. The van der Waals surface area contributed by atoms with Crippen LogP contribution in [0, 0.1) is 17.8 Å². The molecule has 0 spiro atoms. The van der Waals surface area contributed by atoms with E-state index in [2.05, 4.69) is 13.8 Å². The quantitative estimate of drug-likeness (QED) is 0.577. The molecule has 0 bridgehead atoms. The molecule has 2 unspecified atom stereocenters. The fraction of sp³-hybridized carbons (Fsp3) is 0.938. The van der Waals surface area contributed by atoms with Crippen molar-refractivity contribution < 1.29 is 9.53 Å². The molecule has 0 aromatic heterocycles. The third kappa shape index (κ3) is 6.69. The molecule has 0 radical (unpaired) electrons. The van der Waals surface area contributed by atoms with Crippen LogP contribution in [-0.2, 0) is 4.74 Å². The van der Waals surface area contributed by atoms with E-state index in [0.717, 1.165) is 17.6 Å². The molecule has 0 aromatic rings. The topological polar surface area (TPSA) is 26.3 Å². The van der Waals surface area contributed by atoms with E-state index in [1.54, 1.807) is 0 Å². The van der Waals surface area contributed by atoms with Crippen molar-refractivity contribution in [1.29, 1.82) is 0 Å². The zero-order chi connectivity index (χ0) is 14.1. The van der Waals surface area contributed by atoms with Crippen LogP contribution in [0.3, 0.4) is 0 Å². The van der Waals surface area contributed by atoms with E-state index in [-0.39, 0.29) is 5.30 Å². The minimum absolute atomic E-state index is 0.133. The molecular weight excluding hydrogens is 256 g/mol. The van der Waals surface area contributed by atoms with Gasteiger partial charge in [0.15, 0.2) is 0 Å². The number of rotatable bonds is 7. The van der Waals surface area contributed by atoms with Gasteiger partial charge in [0.2, 0.25) is 0 Å². The van der Waals surface area contributed by atoms with Gasteiger partial charge in [0.05, 0.1) is 7.11 Å². The Morgan fingerprint density at radius 1 is 1.32 bits per heavy atom. The zero-order valence-corrected chi connectivity index (χ0v) is 13.6. The van der Waals surface area contributed by atoms with Gasteiger partial charge < -0.3 is 4.74 Å². The zero-order valence-electron chi connectivity index (χ0n) is 12.8. The number of carbonyl (C=O) groups is 1. The molecule has 0 heterocycles. The molecule has 0 aromatic carbocycles. The molecule has 0 aliphatic heterocycles. The summed E-state index contributed by atoms with van der Waals surface area (Å²) in [6.45, 7) is 4.66. The third-order valence-electron chi connectivity index (χ3n) is 4.46. The normalized spacial score (nSPS) is 19.9. The van der Waals surface area contributed by atoms with Gasteiger partial charge in [0, 0.05) is 5.75 Å². The Morgan fingerprint density at radius 3 is 2.58 bits per heavy atom. The number of hydrogen-bond acceptors (Lipinski definition) is 3. The van der Waals surface area contributed by atoms with Crippen LogP contribution in [0.25, 0.3) is 0 Å². The van der Waals surface area contributed by atoms with Gasteiger partial charge in [-0.3, -0.25) is 0 Å². The van der Waals surface area contributed by atoms with Crippen molar-refractivity contribution in [1.82, 2.24) is 0 Å². The average Bonchev–Trinajstić information content (AvgIpc) is 2.45. The average molecular weight is 286 g/mol. The predicted octanol–water partition coefficient (Wildman–Crippen LogP) is 5.51. The SMILES string of the molecule is CCCC(CSC(=O)OC)CC(C)C1CCCCC1. The molecule has 112 valence electrons. The smallest absolute Gasteiger partial charge is 0.367 e. The van der Waals surface area contributed by atoms with E-state index in [1.807, 2.05) is 0 Å². The van der Waals surface area contributed by atoms with Gasteiger partial charge in [-0.2, -0.15) is 0 Å². The lowest BCUT2D eigenvalue weighted by molar-refractivity contribution is 0.200. The summed E-state index contributed by atoms with van der Waals surface area (Å²) in [6, 6.07) is 0. The molecule has 1 aliphatic rings. The van der Waals surface area contributed by atoms with Crippen LogP contribution in [0.1, 0.15) is 65.2 Å². The number of ether oxygens (including phenoxy) is 1. The third-order valence-corrected chi connectivity index (χ3v) is 5.50. The van der Waals surface area contributed by atoms with E-state index in [0.29, 0.717) is 5.92 Å². The molecule has 1 fully saturated rings. The molecule has 1 aliphatic carbocycles. The van der Waals surface area contributed by atoms with Crippen molar-refractivity contribution in [3.05, 3.63) is 0 Å². The van der Waals surface area contributed by atoms with Gasteiger partial charge in [-0.25, -0.2) is 4.79 Å². The van der Waals surface area contributed by atoms with Gasteiger partial charge in [-0.1, -0.05) is 52.4 Å². The fourth-order valence-electron chi connectivity index (χ4n) is 3.34. The maximum atomic E-state index is 11.2. The fourth-order valence-corrected chi connectivity index (χ4v) is 4.14. The second-order valence-corrected chi connectivity index (χ2v) is 6.99. The number of methoxy groups -OCH3 is 1. The van der Waals surface area contributed by atoms with Crippen molar-refractivity contribution in [2.75, 3.05) is 12.9 Å². The van der Waals surface area contributed by atoms with Crippen LogP contribution in [0.4, 0.5) is 4.79 Å². The van der Waals surface area contributed by atoms with Crippen LogP contribution >= 0.6 is 11.8 Å². The molecule has 1 saturated carbocycles. The molecule has 0 N–H and O–H groups in total. The monoisotopic (exact) mass is 286 g/mol. The first kappa shape index (κ1) is 16.9. The van der Waals surface area contributed by atoms with Gasteiger partial charge in [0.1, 0.15) is 0 Å². The highest BCUT2D eigenvalue weighted by molar-refractivity contribution is 8.13. The second kappa shape index (κ2) is 9.68. The van der Waals surface area contributed by atoms with Crippen LogP contribution in [0.5, 0.6) is 0 Å². The molecule has 19 heavy (non-hydrogen) atoms. The van der Waals surface area contributed by atoms with E-state index < -0.39 is 0 Å². The molecule has 3 heteroatoms. The maximum Gasteiger partial charge on any atom is 0.367 e. The highest BCUT2D eigenvalue weighted by Crippen LogP contribution is 2.34. The lowest BCUT2D eigenvalue weighted by Crippen LogP contribution is -2.19. The van der Waals surface area contributed by atoms with Crippen LogP contribution < -0.4 is 0 Å². The van der Waals surface area contributed by atoms with Crippen LogP contribution in [-0.4, -0.2) is 18.2 Å². The van der Waals surface area contributed by atoms with Gasteiger partial charge in [-0.15, -0.1) is 0 Å². The molecule has 0 amide bonds. The largest absolute Gasteiger partial charge is 0.461 e. The van der Waals surface area contributed by atoms with Gasteiger partial charge in [0.25, 0.3) is 0 Å². The molecule has 2 nitrogen and oxygen atoms in total. The summed E-state index contributed by atoms with van der Waals surface area (Å²) in [5.74, 6) is 3.34. The second-order valence-electron chi connectivity index (χ2n) is 6.03. The number of thioether (sulfide) groups is 1. The Hall–Kier alpha value is -0.180. The summed E-state index contributed by atoms with van der Waals surface area (Å²) in [7, 11) is 1.47. The Labute approximate surface area is 123 Å². The summed E-state index contributed by atoms with van der Waals surface area (Å²) in [6.07, 6.45) is 10.8. The standard InChI is InChI=1S/C16H30O2S/c1-4-8-14(12-19-16(17)18-3)11-13(2)15-9-6-5-7-10-15/h13-15H,4-12H2,1-3H3. The number of carbonyl (C=O) groups excluding carboxylic acids is 1. The Kier molecular flexibility index (Phi) is 8.60. The first-order valence-electron chi connectivity index (χ1n) is 7.88. The van der Waals surface area contributed by atoms with Crippen LogP contribution in [0.2, 0.25) is 0 Å². The minimum Gasteiger partial charge on any atom is -0.461 e. The molecule has 0 saturated heterocycles. The van der Waals surface area contributed by atoms with E-state index in [9.17, 15) is 4.79 Å². The first-order chi connectivity index (χ1) is 9.17. The maximum absolute atomic E-state index is 11.2. The van der Waals surface area contributed by atoms with Crippen molar-refractivity contribution in [3.63, 3.8) is 0 Å². The summed E-state index contributed by atoms with van der Waals surface area (Å²) < 4.78 is 4.72. The lowest BCUT2D eigenvalue weighted by Gasteiger charge is -2.30. The first-order valence-corrected chi connectivity index (χ1v) is 8.86. The minimum atomic E-state index is -0.133. The van der Waals surface area contributed by atoms with Gasteiger partial charge in [-0.05, 0) is 42.4 Å². The van der Waals surface area contributed by atoms with E-state index >= 15 is 0 Å². The Bertz CT molecular complexity index is 249. The van der Waals surface area contributed by atoms with Crippen molar-refractivity contribution >= 4 is 17.1 Å². The van der Waals surface area contributed by atoms with Crippen molar-refractivity contribution in [2.45, 2.75) is 65.2 Å². The lowest BCUT2D eigenvalue weighted by atomic mass is 9.77. The number of hydrogen-bond donors (Lipinski definition) is 0.